The van der Waals surface area contributed by atoms with E-state index >= 15 is 0 Å². The Kier molecular flexibility index (Phi) is 8.22. The molecule has 1 aromatic heterocycles. The second-order valence-electron chi connectivity index (χ2n) is 7.85. The molecule has 0 spiro atoms. The van der Waals surface area contributed by atoms with Crippen LogP contribution in [0, 0.1) is 0 Å². The van der Waals surface area contributed by atoms with Crippen LogP contribution in [0.25, 0.3) is 11.4 Å². The summed E-state index contributed by atoms with van der Waals surface area (Å²) in [7, 11) is 0. The minimum atomic E-state index is -0.651. The number of rotatable bonds is 11. The van der Waals surface area contributed by atoms with Crippen molar-refractivity contribution < 1.29 is 19.7 Å². The van der Waals surface area contributed by atoms with Crippen LogP contribution in [-0.4, -0.2) is 34.5 Å². The molecule has 0 bridgehead atoms. The van der Waals surface area contributed by atoms with Crippen molar-refractivity contribution >= 4 is 11.6 Å². The van der Waals surface area contributed by atoms with Crippen molar-refractivity contribution in [1.82, 2.24) is 10.1 Å². The lowest BCUT2D eigenvalue weighted by molar-refractivity contribution is -0.704. The average Bonchev–Trinajstić information content (AvgIpc) is 3.34. The number of aliphatic hydroxyl groups excluding tert-OH is 1. The Balaban J connectivity index is 1.38. The highest BCUT2D eigenvalue weighted by molar-refractivity contribution is 6.31. The first-order chi connectivity index (χ1) is 16.2. The van der Waals surface area contributed by atoms with Crippen molar-refractivity contribution in [3.63, 3.8) is 0 Å². The normalized spacial score (nSPS) is 13.0. The lowest BCUT2D eigenvalue weighted by atomic mass is 10.1. The molecular weight excluding hydrogens is 438 g/mol. The quantitative estimate of drug-likeness (QED) is 0.352. The summed E-state index contributed by atoms with van der Waals surface area (Å²) in [6, 6.07) is 27.3. The molecule has 170 valence electrons. The van der Waals surface area contributed by atoms with Gasteiger partial charge in [0.25, 0.3) is 5.89 Å². The molecule has 0 amide bonds. The van der Waals surface area contributed by atoms with Crippen molar-refractivity contribution in [3.05, 3.63) is 107 Å². The zero-order chi connectivity index (χ0) is 22.9. The fraction of sp³-hybridized carbons (Fsp3) is 0.231. The van der Waals surface area contributed by atoms with Crippen LogP contribution in [-0.2, 0) is 17.8 Å². The second-order valence-corrected chi connectivity index (χ2v) is 8.26. The predicted molar refractivity (Wildman–Crippen MR) is 127 cm³/mol. The van der Waals surface area contributed by atoms with Crippen LogP contribution in [0.15, 0.2) is 89.5 Å². The van der Waals surface area contributed by atoms with Crippen LogP contribution in [0.4, 0.5) is 0 Å². The molecule has 1 heterocycles. The number of nitrogens with zero attached hydrogens (tertiary/aromatic N) is 2. The van der Waals surface area contributed by atoms with Gasteiger partial charge in [-0.05, 0) is 17.2 Å². The van der Waals surface area contributed by atoms with Crippen LogP contribution < -0.4 is 5.32 Å². The van der Waals surface area contributed by atoms with Crippen molar-refractivity contribution in [2.24, 2.45) is 0 Å². The maximum atomic E-state index is 10.5. The van der Waals surface area contributed by atoms with Crippen LogP contribution in [0.3, 0.4) is 0 Å². The Bertz CT molecular complexity index is 1120. The fourth-order valence-electron chi connectivity index (χ4n) is 3.54. The van der Waals surface area contributed by atoms with E-state index < -0.39 is 6.10 Å². The van der Waals surface area contributed by atoms with Crippen molar-refractivity contribution in [2.75, 3.05) is 13.2 Å². The Hall–Kier alpha value is -3.03. The van der Waals surface area contributed by atoms with Gasteiger partial charge in [-0.15, -0.1) is 0 Å². The number of hydrogen-bond acceptors (Lipinski definition) is 5. The van der Waals surface area contributed by atoms with Gasteiger partial charge in [-0.25, -0.2) is 0 Å². The molecule has 6 nitrogen and oxygen atoms in total. The summed E-state index contributed by atoms with van der Waals surface area (Å²) in [5.74, 6) is 1.09. The number of aliphatic hydroxyl groups is 1. The number of nitrogens with two attached hydrogens (primary N) is 1. The topological polar surface area (TPSA) is 85.0 Å². The molecule has 0 saturated heterocycles. The van der Waals surface area contributed by atoms with Crippen LogP contribution in [0.2, 0.25) is 5.02 Å². The van der Waals surface area contributed by atoms with Gasteiger partial charge in [0.1, 0.15) is 12.6 Å². The van der Waals surface area contributed by atoms with Gasteiger partial charge in [-0.3, -0.25) is 0 Å². The van der Waals surface area contributed by atoms with Gasteiger partial charge in [0.2, 0.25) is 5.82 Å². The summed E-state index contributed by atoms with van der Waals surface area (Å²) < 4.78 is 11.3. The van der Waals surface area contributed by atoms with Crippen LogP contribution in [0.1, 0.15) is 23.1 Å². The standard InChI is InChI=1S/C26H26ClN3O3/c27-23-14-8-7-13-21(23)17-32-18-22(31)16-28-24(15-19-9-3-1-4-10-19)26-29-25(30-33-26)20-11-5-2-6-12-20/h1-14,22,24,28,31H,15-18H2/p+1/t22-,24+/m1/s1. The third kappa shape index (κ3) is 6.73. The van der Waals surface area contributed by atoms with Crippen LogP contribution in [0.5, 0.6) is 0 Å². The first-order valence-corrected chi connectivity index (χ1v) is 11.3. The van der Waals surface area contributed by atoms with Gasteiger partial charge in [-0.1, -0.05) is 95.6 Å². The van der Waals surface area contributed by atoms with E-state index in [9.17, 15) is 5.11 Å². The molecule has 0 fully saturated rings. The van der Waals surface area contributed by atoms with Gasteiger partial charge in [-0.2, -0.15) is 4.98 Å². The average molecular weight is 465 g/mol. The van der Waals surface area contributed by atoms with E-state index in [4.69, 9.17) is 20.9 Å². The molecule has 2 atom stereocenters. The number of hydrogen-bond donors (Lipinski definition) is 2. The number of benzene rings is 3. The molecule has 0 aliphatic rings. The van der Waals surface area contributed by atoms with Crippen LogP contribution >= 0.6 is 11.6 Å². The van der Waals surface area contributed by atoms with Gasteiger partial charge < -0.3 is 19.7 Å². The molecule has 0 unspecified atom stereocenters. The second kappa shape index (κ2) is 11.7. The van der Waals surface area contributed by atoms with E-state index in [1.807, 2.05) is 78.1 Å². The summed E-state index contributed by atoms with van der Waals surface area (Å²) in [5.41, 5.74) is 2.96. The van der Waals surface area contributed by atoms with E-state index in [1.54, 1.807) is 0 Å². The molecule has 0 aliphatic carbocycles. The number of ether oxygens (including phenoxy) is 1. The minimum absolute atomic E-state index is 0.129. The fourth-order valence-corrected chi connectivity index (χ4v) is 3.73. The van der Waals surface area contributed by atoms with Gasteiger partial charge in [0.15, 0.2) is 6.04 Å². The molecule has 0 saturated carbocycles. The Morgan fingerprint density at radius 1 is 0.939 bits per heavy atom. The monoisotopic (exact) mass is 464 g/mol. The van der Waals surface area contributed by atoms with E-state index in [0.717, 1.165) is 16.7 Å². The smallest absolute Gasteiger partial charge is 0.285 e. The highest BCUT2D eigenvalue weighted by Gasteiger charge is 2.24. The summed E-state index contributed by atoms with van der Waals surface area (Å²) >= 11 is 6.16. The SMILES string of the molecule is O[C@H](C[NH2+][C@@H](Cc1ccccc1)c1nc(-c2ccccc2)no1)COCc1ccccc1Cl. The summed E-state index contributed by atoms with van der Waals surface area (Å²) in [5, 5.41) is 17.3. The molecule has 0 radical (unpaired) electrons. The third-order valence-corrected chi connectivity index (χ3v) is 5.68. The first-order valence-electron chi connectivity index (χ1n) is 10.9. The number of quaternary nitrogens is 1. The minimum Gasteiger partial charge on any atom is -0.385 e. The third-order valence-electron chi connectivity index (χ3n) is 5.31. The predicted octanol–water partition coefficient (Wildman–Crippen LogP) is 3.81. The maximum absolute atomic E-state index is 10.5. The largest absolute Gasteiger partial charge is 0.385 e. The molecule has 0 aliphatic heterocycles. The van der Waals surface area contributed by atoms with Gasteiger partial charge in [0, 0.05) is 17.0 Å². The van der Waals surface area contributed by atoms with E-state index in [-0.39, 0.29) is 12.6 Å². The highest BCUT2D eigenvalue weighted by atomic mass is 35.5. The molecule has 33 heavy (non-hydrogen) atoms. The lowest BCUT2D eigenvalue weighted by Gasteiger charge is -2.15. The van der Waals surface area contributed by atoms with Crippen molar-refractivity contribution in [2.45, 2.75) is 25.2 Å². The molecule has 7 heteroatoms. The molecule has 4 rings (SSSR count). The summed E-state index contributed by atoms with van der Waals surface area (Å²) in [4.78, 5) is 4.63. The zero-order valence-corrected chi connectivity index (χ0v) is 18.9. The van der Waals surface area contributed by atoms with Gasteiger partial charge >= 0.3 is 0 Å². The van der Waals surface area contributed by atoms with E-state index in [1.165, 1.54) is 0 Å². The summed E-state index contributed by atoms with van der Waals surface area (Å²) in [6.07, 6.45) is 0.0482. The lowest BCUT2D eigenvalue weighted by Crippen LogP contribution is -2.88. The summed E-state index contributed by atoms with van der Waals surface area (Å²) in [6.45, 7) is 0.996. The number of halogens is 1. The van der Waals surface area contributed by atoms with E-state index in [2.05, 4.69) is 22.3 Å². The van der Waals surface area contributed by atoms with Crippen molar-refractivity contribution in [1.29, 1.82) is 0 Å². The molecular formula is C26H27ClN3O3+. The van der Waals surface area contributed by atoms with Crippen molar-refractivity contribution in [3.8, 4) is 11.4 Å². The Labute approximate surface area is 198 Å². The maximum Gasteiger partial charge on any atom is 0.285 e. The molecule has 3 aromatic carbocycles. The van der Waals surface area contributed by atoms with E-state index in [0.29, 0.717) is 36.3 Å². The number of aromatic nitrogens is 2. The Morgan fingerprint density at radius 2 is 1.64 bits per heavy atom. The first kappa shape index (κ1) is 23.1. The molecule has 3 N–H and O–H groups in total. The zero-order valence-electron chi connectivity index (χ0n) is 18.2. The molecule has 4 aromatic rings. The van der Waals surface area contributed by atoms with Gasteiger partial charge in [0.05, 0.1) is 13.2 Å². The highest BCUT2D eigenvalue weighted by Crippen LogP contribution is 2.19. The Morgan fingerprint density at radius 3 is 2.39 bits per heavy atom.